The molecule has 3 fully saturated rings. The second kappa shape index (κ2) is 3.98. The number of carbonyl (C=O) groups excluding carboxylic acids is 2. The summed E-state index contributed by atoms with van der Waals surface area (Å²) in [6.07, 6.45) is 3.10. The number of rotatable bonds is 1. The second-order valence-electron chi connectivity index (χ2n) is 6.03. The summed E-state index contributed by atoms with van der Waals surface area (Å²) in [5.74, 6) is -0.0596. The number of phenolic OH excluding ortho intramolecular Hbond substituents is 1. The van der Waals surface area contributed by atoms with Crippen molar-refractivity contribution in [3.05, 3.63) is 23.2 Å². The van der Waals surface area contributed by atoms with E-state index < -0.39 is 0 Å². The first-order valence-electron chi connectivity index (χ1n) is 6.94. The average molecular weight is 292 g/mol. The molecule has 1 aliphatic heterocycles. The molecule has 1 aromatic rings. The van der Waals surface area contributed by atoms with E-state index in [1.807, 2.05) is 0 Å². The summed E-state index contributed by atoms with van der Waals surface area (Å²) in [6.45, 7) is 0. The molecule has 2 bridgehead atoms. The van der Waals surface area contributed by atoms with Gasteiger partial charge >= 0.3 is 0 Å². The molecule has 4 nitrogen and oxygen atoms in total. The van der Waals surface area contributed by atoms with Crippen LogP contribution in [-0.4, -0.2) is 16.9 Å². The minimum absolute atomic E-state index is 0.119. The smallest absolute Gasteiger partial charge is 0.238 e. The number of nitrogens with zero attached hydrogens (tertiary/aromatic N) is 1. The van der Waals surface area contributed by atoms with E-state index in [0.29, 0.717) is 16.9 Å². The molecule has 1 N–H and O–H groups in total. The SMILES string of the molecule is O=C1[C@H]2[C@H]3CC[C@@H](C3)[C@@H]2C(=O)N1c1ccc(Cl)cc1O. The third-order valence-corrected chi connectivity index (χ3v) is 5.34. The summed E-state index contributed by atoms with van der Waals surface area (Å²) in [4.78, 5) is 26.3. The van der Waals surface area contributed by atoms with Gasteiger partial charge in [-0.25, -0.2) is 4.90 Å². The fourth-order valence-electron chi connectivity index (χ4n) is 4.33. The Morgan fingerprint density at radius 1 is 1.10 bits per heavy atom. The summed E-state index contributed by atoms with van der Waals surface area (Å²) in [5, 5.41) is 10.3. The van der Waals surface area contributed by atoms with Gasteiger partial charge in [0.1, 0.15) is 5.75 Å². The monoisotopic (exact) mass is 291 g/mol. The molecular formula is C15H14ClNO3. The Hall–Kier alpha value is -1.55. The molecule has 2 saturated carbocycles. The van der Waals surface area contributed by atoms with Crippen LogP contribution in [0.3, 0.4) is 0 Å². The van der Waals surface area contributed by atoms with E-state index in [1.54, 1.807) is 6.07 Å². The van der Waals surface area contributed by atoms with Crippen molar-refractivity contribution in [1.82, 2.24) is 0 Å². The standard InChI is InChI=1S/C15H14ClNO3/c16-9-3-4-10(11(18)6-9)17-14(19)12-7-1-2-8(5-7)13(12)15(17)20/h3-4,6-8,12-13,18H,1-2,5H2/t7-,8-,12-,13-/m0/s1. The summed E-state index contributed by atoms with van der Waals surface area (Å²) in [5.41, 5.74) is 0.262. The first-order chi connectivity index (χ1) is 9.58. The predicted octanol–water partition coefficient (Wildman–Crippen LogP) is 2.58. The van der Waals surface area contributed by atoms with E-state index in [0.717, 1.165) is 19.3 Å². The zero-order valence-electron chi connectivity index (χ0n) is 10.8. The van der Waals surface area contributed by atoms with Crippen molar-refractivity contribution >= 4 is 29.1 Å². The lowest BCUT2D eigenvalue weighted by Gasteiger charge is -2.19. The van der Waals surface area contributed by atoms with Gasteiger partial charge in [0.2, 0.25) is 11.8 Å². The molecule has 4 rings (SSSR count). The number of hydrogen-bond donors (Lipinski definition) is 1. The highest BCUT2D eigenvalue weighted by molar-refractivity contribution is 6.31. The lowest BCUT2D eigenvalue weighted by molar-refractivity contribution is -0.123. The number of aromatic hydroxyl groups is 1. The maximum atomic E-state index is 12.6. The summed E-state index contributed by atoms with van der Waals surface area (Å²) in [6, 6.07) is 4.48. The quantitative estimate of drug-likeness (QED) is 0.809. The van der Waals surface area contributed by atoms with Crippen LogP contribution in [0, 0.1) is 23.7 Å². The van der Waals surface area contributed by atoms with Gasteiger partial charge in [-0.1, -0.05) is 11.6 Å². The van der Waals surface area contributed by atoms with Gasteiger partial charge < -0.3 is 5.11 Å². The van der Waals surface area contributed by atoms with Crippen LogP contribution < -0.4 is 4.90 Å². The van der Waals surface area contributed by atoms with Crippen molar-refractivity contribution in [2.75, 3.05) is 4.90 Å². The van der Waals surface area contributed by atoms with Crippen molar-refractivity contribution in [2.45, 2.75) is 19.3 Å². The van der Waals surface area contributed by atoms with E-state index in [1.165, 1.54) is 17.0 Å². The van der Waals surface area contributed by atoms with Crippen molar-refractivity contribution < 1.29 is 14.7 Å². The van der Waals surface area contributed by atoms with Gasteiger partial charge in [-0.15, -0.1) is 0 Å². The molecule has 5 heteroatoms. The number of phenols is 1. The summed E-state index contributed by atoms with van der Waals surface area (Å²) < 4.78 is 0. The van der Waals surface area contributed by atoms with Crippen LogP contribution in [-0.2, 0) is 9.59 Å². The summed E-state index contributed by atoms with van der Waals surface area (Å²) in [7, 11) is 0. The molecule has 0 aromatic heterocycles. The Labute approximate surface area is 121 Å². The molecule has 20 heavy (non-hydrogen) atoms. The number of fused-ring (bicyclic) bond motifs is 5. The van der Waals surface area contributed by atoms with E-state index in [-0.39, 0.29) is 35.1 Å². The molecule has 1 saturated heterocycles. The van der Waals surface area contributed by atoms with Crippen molar-refractivity contribution in [3.8, 4) is 5.75 Å². The molecule has 0 unspecified atom stereocenters. The Morgan fingerprint density at radius 3 is 2.25 bits per heavy atom. The van der Waals surface area contributed by atoms with Crippen LogP contribution in [0.2, 0.25) is 5.02 Å². The van der Waals surface area contributed by atoms with Crippen LogP contribution in [0.4, 0.5) is 5.69 Å². The Morgan fingerprint density at radius 2 is 1.70 bits per heavy atom. The van der Waals surface area contributed by atoms with Crippen LogP contribution in [0.25, 0.3) is 0 Å². The van der Waals surface area contributed by atoms with Crippen LogP contribution in [0.15, 0.2) is 18.2 Å². The molecule has 1 aromatic carbocycles. The fourth-order valence-corrected chi connectivity index (χ4v) is 4.50. The Kier molecular flexibility index (Phi) is 2.43. The van der Waals surface area contributed by atoms with Gasteiger partial charge in [-0.2, -0.15) is 0 Å². The lowest BCUT2D eigenvalue weighted by atomic mass is 9.81. The molecule has 3 aliphatic rings. The second-order valence-corrected chi connectivity index (χ2v) is 6.47. The zero-order chi connectivity index (χ0) is 14.0. The number of imide groups is 1. The van der Waals surface area contributed by atoms with Crippen LogP contribution in [0.5, 0.6) is 5.75 Å². The lowest BCUT2D eigenvalue weighted by Crippen LogP contribution is -2.32. The predicted molar refractivity (Wildman–Crippen MR) is 73.4 cm³/mol. The molecule has 104 valence electrons. The van der Waals surface area contributed by atoms with E-state index in [2.05, 4.69) is 0 Å². The molecule has 0 radical (unpaired) electrons. The van der Waals surface area contributed by atoms with Crippen molar-refractivity contribution in [2.24, 2.45) is 23.7 Å². The number of anilines is 1. The van der Waals surface area contributed by atoms with E-state index in [9.17, 15) is 14.7 Å². The maximum Gasteiger partial charge on any atom is 0.238 e. The van der Waals surface area contributed by atoms with Crippen LogP contribution in [0.1, 0.15) is 19.3 Å². The number of carbonyl (C=O) groups is 2. The third kappa shape index (κ3) is 1.43. The third-order valence-electron chi connectivity index (χ3n) is 5.11. The normalized spacial score (nSPS) is 35.0. The van der Waals surface area contributed by atoms with Gasteiger partial charge in [0, 0.05) is 11.1 Å². The molecule has 2 aliphatic carbocycles. The minimum Gasteiger partial charge on any atom is -0.506 e. The number of hydrogen-bond acceptors (Lipinski definition) is 3. The topological polar surface area (TPSA) is 57.6 Å². The minimum atomic E-state index is -0.170. The van der Waals surface area contributed by atoms with Gasteiger partial charge in [0.15, 0.2) is 0 Å². The highest BCUT2D eigenvalue weighted by Crippen LogP contribution is 2.57. The van der Waals surface area contributed by atoms with Gasteiger partial charge in [-0.05, 0) is 43.2 Å². The molecular weight excluding hydrogens is 278 g/mol. The van der Waals surface area contributed by atoms with E-state index in [4.69, 9.17) is 11.6 Å². The van der Waals surface area contributed by atoms with Gasteiger partial charge in [0.25, 0.3) is 0 Å². The molecule has 2 amide bonds. The molecule has 4 atom stereocenters. The van der Waals surface area contributed by atoms with E-state index >= 15 is 0 Å². The largest absolute Gasteiger partial charge is 0.506 e. The average Bonchev–Trinajstić information content (AvgIpc) is 3.06. The number of halogens is 1. The van der Waals surface area contributed by atoms with Gasteiger partial charge in [-0.3, -0.25) is 9.59 Å². The fraction of sp³-hybridized carbons (Fsp3) is 0.467. The summed E-state index contributed by atoms with van der Waals surface area (Å²) >= 11 is 5.80. The first-order valence-corrected chi connectivity index (χ1v) is 7.32. The highest BCUT2D eigenvalue weighted by Gasteiger charge is 2.61. The highest BCUT2D eigenvalue weighted by atomic mass is 35.5. The molecule has 1 heterocycles. The van der Waals surface area contributed by atoms with Crippen molar-refractivity contribution in [1.29, 1.82) is 0 Å². The maximum absolute atomic E-state index is 12.6. The Balaban J connectivity index is 1.77. The van der Waals surface area contributed by atoms with Crippen molar-refractivity contribution in [3.63, 3.8) is 0 Å². The van der Waals surface area contributed by atoms with Crippen LogP contribution >= 0.6 is 11.6 Å². The van der Waals surface area contributed by atoms with Gasteiger partial charge in [0.05, 0.1) is 17.5 Å². The molecule has 0 spiro atoms. The Bertz CT molecular complexity index is 602. The number of amides is 2. The first kappa shape index (κ1) is 12.2. The number of benzene rings is 1. The zero-order valence-corrected chi connectivity index (χ0v) is 11.5.